The van der Waals surface area contributed by atoms with Gasteiger partial charge >= 0.3 is 7.82 Å². The lowest BCUT2D eigenvalue weighted by atomic mass is 10.0. The number of hydrogen-bond donors (Lipinski definition) is 3. The molecule has 0 aliphatic carbocycles. The van der Waals surface area contributed by atoms with Crippen LogP contribution in [0.4, 0.5) is 0 Å². The number of hydrogen-bond acceptors (Lipinski definition) is 6. The van der Waals surface area contributed by atoms with E-state index in [0.29, 0.717) is 19.4 Å². The molecule has 0 aromatic carbocycles. The van der Waals surface area contributed by atoms with Gasteiger partial charge in [-0.3, -0.25) is 13.8 Å². The smallest absolute Gasteiger partial charge is 0.391 e. The molecule has 0 spiro atoms. The van der Waals surface area contributed by atoms with Crippen LogP contribution >= 0.6 is 7.82 Å². The average Bonchev–Trinajstić information content (AvgIpc) is 3.18. The molecule has 1 amide bonds. The van der Waals surface area contributed by atoms with Gasteiger partial charge in [0.1, 0.15) is 0 Å². The molecule has 8 nitrogen and oxygen atoms in total. The van der Waals surface area contributed by atoms with Gasteiger partial charge in [0.2, 0.25) is 5.91 Å². The van der Waals surface area contributed by atoms with Gasteiger partial charge in [-0.25, -0.2) is 4.57 Å². The molecule has 3 N–H and O–H groups in total. The largest absolute Gasteiger partial charge is 0.472 e. The van der Waals surface area contributed by atoms with E-state index in [1.54, 1.807) is 0 Å². The third kappa shape index (κ3) is 40.0. The Morgan fingerprint density at radius 1 is 0.607 bits per heavy atom. The monoisotopic (exact) mass is 815 g/mol. The van der Waals surface area contributed by atoms with Crippen molar-refractivity contribution in [1.82, 2.24) is 10.2 Å². The van der Waals surface area contributed by atoms with Crippen molar-refractivity contribution in [2.45, 2.75) is 251 Å². The van der Waals surface area contributed by atoms with Crippen molar-refractivity contribution in [3.05, 3.63) is 12.2 Å². The van der Waals surface area contributed by atoms with E-state index in [1.807, 2.05) is 18.9 Å². The minimum absolute atomic E-state index is 0.0642. The summed E-state index contributed by atoms with van der Waals surface area (Å²) in [6, 6.07) is -0.755. The Labute approximate surface area is 348 Å². The second kappa shape index (κ2) is 42.4. The van der Waals surface area contributed by atoms with Crippen LogP contribution in [0.2, 0.25) is 0 Å². The van der Waals surface area contributed by atoms with Crippen molar-refractivity contribution < 1.29 is 28.4 Å². The molecule has 0 fully saturated rings. The molecule has 9 heteroatoms. The van der Waals surface area contributed by atoms with Crippen LogP contribution in [-0.4, -0.2) is 66.3 Å². The first-order valence-electron chi connectivity index (χ1n) is 24.2. The molecule has 0 aliphatic heterocycles. The average molecular weight is 815 g/mol. The van der Waals surface area contributed by atoms with Gasteiger partial charge < -0.3 is 20.2 Å². The summed E-state index contributed by atoms with van der Waals surface area (Å²) in [6.07, 6.45) is 45.2. The summed E-state index contributed by atoms with van der Waals surface area (Å²) < 4.78 is 23.0. The first kappa shape index (κ1) is 55.2. The highest BCUT2D eigenvalue weighted by Crippen LogP contribution is 2.43. The van der Waals surface area contributed by atoms with Crippen molar-refractivity contribution in [2.24, 2.45) is 0 Å². The number of amides is 1. The number of phosphoric ester groups is 1. The standard InChI is InChI=1S/C47H95N2O6P/c1-5-8-10-12-14-16-18-20-21-22-23-24-25-26-27-29-31-33-35-37-39-41-47(51)48-45(44-55-56(52,53)54-43-42-49(4)7-3)46(50)40-38-36-34-32-30-28-19-17-15-13-11-9-6-2/h12,14,45-46,50H,5-11,13,15-44H2,1-4H3,(H,48,51)(H,52,53)/b14-12-. The molecular formula is C47H95N2O6P. The Morgan fingerprint density at radius 2 is 1.02 bits per heavy atom. The van der Waals surface area contributed by atoms with Gasteiger partial charge in [-0.15, -0.1) is 0 Å². The van der Waals surface area contributed by atoms with Crippen molar-refractivity contribution in [3.8, 4) is 0 Å². The van der Waals surface area contributed by atoms with Crippen LogP contribution < -0.4 is 5.32 Å². The number of unbranched alkanes of at least 4 members (excludes halogenated alkanes) is 29. The summed E-state index contributed by atoms with van der Waals surface area (Å²) >= 11 is 0. The number of nitrogens with zero attached hydrogens (tertiary/aromatic N) is 1. The van der Waals surface area contributed by atoms with E-state index in [9.17, 15) is 19.4 Å². The lowest BCUT2D eigenvalue weighted by Gasteiger charge is -2.25. The molecule has 3 atom stereocenters. The van der Waals surface area contributed by atoms with Crippen LogP contribution in [0.25, 0.3) is 0 Å². The number of carbonyl (C=O) groups excluding carboxylic acids is 1. The fourth-order valence-corrected chi connectivity index (χ4v) is 7.92. The summed E-state index contributed by atoms with van der Waals surface area (Å²) in [7, 11) is -2.40. The molecular weight excluding hydrogens is 719 g/mol. The van der Waals surface area contributed by atoms with Crippen LogP contribution in [0.15, 0.2) is 12.2 Å². The summed E-state index contributed by atoms with van der Waals surface area (Å²) in [5, 5.41) is 14.0. The second-order valence-corrected chi connectivity index (χ2v) is 18.2. The highest BCUT2D eigenvalue weighted by molar-refractivity contribution is 7.47. The lowest BCUT2D eigenvalue weighted by Crippen LogP contribution is -2.46. The summed E-state index contributed by atoms with van der Waals surface area (Å²) in [6.45, 7) is 7.62. The predicted molar refractivity (Wildman–Crippen MR) is 240 cm³/mol. The highest BCUT2D eigenvalue weighted by atomic mass is 31.2. The Morgan fingerprint density at radius 3 is 1.48 bits per heavy atom. The lowest BCUT2D eigenvalue weighted by molar-refractivity contribution is -0.123. The predicted octanol–water partition coefficient (Wildman–Crippen LogP) is 13.8. The Bertz CT molecular complexity index is 906. The normalized spacial score (nSPS) is 14.1. The molecule has 0 saturated carbocycles. The molecule has 0 aromatic heterocycles. The van der Waals surface area contributed by atoms with Gasteiger partial charge in [-0.1, -0.05) is 213 Å². The summed E-state index contributed by atoms with van der Waals surface area (Å²) in [5.41, 5.74) is 0. The molecule has 3 unspecified atom stereocenters. The SMILES string of the molecule is CCCC/C=C\CCCCCCCCCCCCCCCCCC(=O)NC(COP(=O)(O)OCCN(C)CC)C(O)CCCCCCCCCCCCCCC. The Hall–Kier alpha value is -0.760. The number of aliphatic hydroxyl groups excluding tert-OH is 1. The van der Waals surface area contributed by atoms with Crippen molar-refractivity contribution >= 4 is 13.7 Å². The maximum atomic E-state index is 12.9. The molecule has 0 bridgehead atoms. The van der Waals surface area contributed by atoms with E-state index in [1.165, 1.54) is 167 Å². The molecule has 0 radical (unpaired) electrons. The van der Waals surface area contributed by atoms with Gasteiger partial charge in [-0.05, 0) is 45.7 Å². The number of allylic oxidation sites excluding steroid dienone is 2. The minimum atomic E-state index is -4.31. The Kier molecular flexibility index (Phi) is 41.8. The zero-order chi connectivity index (χ0) is 41.2. The fraction of sp³-hybridized carbons (Fsp3) is 0.936. The molecule has 0 aliphatic rings. The number of rotatable bonds is 45. The van der Waals surface area contributed by atoms with Gasteiger partial charge in [0.25, 0.3) is 0 Å². The molecule has 0 saturated heterocycles. The van der Waals surface area contributed by atoms with Crippen LogP contribution in [0.5, 0.6) is 0 Å². The first-order valence-corrected chi connectivity index (χ1v) is 25.7. The van der Waals surface area contributed by atoms with E-state index in [4.69, 9.17) is 9.05 Å². The number of aliphatic hydroxyl groups is 1. The second-order valence-electron chi connectivity index (χ2n) is 16.7. The third-order valence-electron chi connectivity index (χ3n) is 11.3. The van der Waals surface area contributed by atoms with Crippen LogP contribution in [0.3, 0.4) is 0 Å². The number of nitrogens with one attached hydrogen (secondary N) is 1. The molecule has 0 heterocycles. The van der Waals surface area contributed by atoms with Crippen LogP contribution in [0.1, 0.15) is 239 Å². The van der Waals surface area contributed by atoms with E-state index >= 15 is 0 Å². The zero-order valence-corrected chi connectivity index (χ0v) is 38.5. The molecule has 334 valence electrons. The van der Waals surface area contributed by atoms with Crippen LogP contribution in [0, 0.1) is 0 Å². The number of phosphoric acid groups is 1. The molecule has 0 aromatic rings. The van der Waals surface area contributed by atoms with Gasteiger partial charge in [0.15, 0.2) is 0 Å². The number of carbonyl (C=O) groups is 1. The van der Waals surface area contributed by atoms with Gasteiger partial charge in [0.05, 0.1) is 25.4 Å². The van der Waals surface area contributed by atoms with Crippen LogP contribution in [-0.2, 0) is 18.4 Å². The van der Waals surface area contributed by atoms with E-state index in [0.717, 1.165) is 45.1 Å². The number of likely N-dealkylation sites (N-methyl/N-ethyl adjacent to an activating group) is 1. The summed E-state index contributed by atoms with van der Waals surface area (Å²) in [5.74, 6) is -0.142. The zero-order valence-electron chi connectivity index (χ0n) is 37.6. The van der Waals surface area contributed by atoms with E-state index in [2.05, 4.69) is 31.3 Å². The summed E-state index contributed by atoms with van der Waals surface area (Å²) in [4.78, 5) is 25.1. The van der Waals surface area contributed by atoms with E-state index < -0.39 is 20.0 Å². The van der Waals surface area contributed by atoms with Crippen molar-refractivity contribution in [2.75, 3.05) is 33.4 Å². The minimum Gasteiger partial charge on any atom is -0.391 e. The molecule has 56 heavy (non-hydrogen) atoms. The quantitative estimate of drug-likeness (QED) is 0.0319. The first-order chi connectivity index (χ1) is 27.3. The third-order valence-corrected chi connectivity index (χ3v) is 12.2. The fourth-order valence-electron chi connectivity index (χ4n) is 7.19. The maximum absolute atomic E-state index is 12.9. The topological polar surface area (TPSA) is 108 Å². The molecule has 0 rings (SSSR count). The van der Waals surface area contributed by atoms with E-state index in [-0.39, 0.29) is 19.1 Å². The van der Waals surface area contributed by atoms with Crippen molar-refractivity contribution in [1.29, 1.82) is 0 Å². The maximum Gasteiger partial charge on any atom is 0.472 e. The highest BCUT2D eigenvalue weighted by Gasteiger charge is 2.28. The van der Waals surface area contributed by atoms with Gasteiger partial charge in [0, 0.05) is 13.0 Å². The Balaban J connectivity index is 4.21. The van der Waals surface area contributed by atoms with Gasteiger partial charge in [-0.2, -0.15) is 0 Å². The van der Waals surface area contributed by atoms with Crippen molar-refractivity contribution in [3.63, 3.8) is 0 Å².